The molecule has 1 aromatic carbocycles. The molecule has 3 rings (SSSR count). The van der Waals surface area contributed by atoms with Crippen molar-refractivity contribution >= 4 is 17.5 Å². The van der Waals surface area contributed by atoms with Crippen molar-refractivity contribution in [3.8, 4) is 0 Å². The molecule has 1 aliphatic rings. The van der Waals surface area contributed by atoms with E-state index in [1.807, 2.05) is 24.3 Å². The van der Waals surface area contributed by atoms with Gasteiger partial charge in [0.1, 0.15) is 5.78 Å². The third-order valence-corrected chi connectivity index (χ3v) is 6.28. The molecule has 0 radical (unpaired) electrons. The molecule has 1 heterocycles. The molecule has 0 amide bonds. The summed E-state index contributed by atoms with van der Waals surface area (Å²) in [5.74, 6) is -2.63. The van der Waals surface area contributed by atoms with Crippen molar-refractivity contribution in [2.45, 2.75) is 76.8 Å². The van der Waals surface area contributed by atoms with Crippen LogP contribution >= 0.6 is 0 Å². The molecule has 0 bridgehead atoms. The van der Waals surface area contributed by atoms with Crippen molar-refractivity contribution in [2.24, 2.45) is 5.92 Å². The van der Waals surface area contributed by atoms with E-state index in [0.29, 0.717) is 5.92 Å². The lowest BCUT2D eigenvalue weighted by Crippen LogP contribution is -2.16. The smallest absolute Gasteiger partial charge is 0.452 e. The van der Waals surface area contributed by atoms with Gasteiger partial charge in [-0.05, 0) is 55.1 Å². The van der Waals surface area contributed by atoms with E-state index in [9.17, 15) is 27.6 Å². The van der Waals surface area contributed by atoms with Crippen LogP contribution in [0.4, 0.5) is 13.2 Å². The molecule has 184 valence electrons. The van der Waals surface area contributed by atoms with E-state index in [1.165, 1.54) is 12.5 Å². The molecular weight excluding hydrogens is 451 g/mol. The largest absolute Gasteiger partial charge is 0.481 e. The van der Waals surface area contributed by atoms with Crippen molar-refractivity contribution < 1.29 is 37.1 Å². The Hall–Kier alpha value is -2.97. The Morgan fingerprint density at radius 2 is 1.71 bits per heavy atom. The van der Waals surface area contributed by atoms with Gasteiger partial charge in [0, 0.05) is 32.6 Å². The summed E-state index contributed by atoms with van der Waals surface area (Å²) >= 11 is 0. The molecule has 0 unspecified atom stereocenters. The van der Waals surface area contributed by atoms with E-state index < -0.39 is 29.4 Å². The van der Waals surface area contributed by atoms with Crippen LogP contribution in [-0.2, 0) is 22.2 Å². The molecule has 0 spiro atoms. The van der Waals surface area contributed by atoms with E-state index in [4.69, 9.17) is 5.11 Å². The van der Waals surface area contributed by atoms with Crippen molar-refractivity contribution in [1.29, 1.82) is 0 Å². The predicted molar refractivity (Wildman–Crippen MR) is 117 cm³/mol. The zero-order valence-electron chi connectivity index (χ0n) is 19.0. The fourth-order valence-corrected chi connectivity index (χ4v) is 4.54. The lowest BCUT2D eigenvalue weighted by Gasteiger charge is -2.28. The molecule has 6 nitrogen and oxygen atoms in total. The van der Waals surface area contributed by atoms with Crippen LogP contribution in [0.5, 0.6) is 0 Å². The first kappa shape index (κ1) is 25.6. The number of aliphatic carboxylic acids is 1. The lowest BCUT2D eigenvalue weighted by molar-refractivity contribution is -0.153. The highest BCUT2D eigenvalue weighted by Crippen LogP contribution is 2.37. The first-order valence-electron chi connectivity index (χ1n) is 11.4. The van der Waals surface area contributed by atoms with Gasteiger partial charge in [0.05, 0.1) is 0 Å². The van der Waals surface area contributed by atoms with Crippen LogP contribution in [-0.4, -0.2) is 27.6 Å². The number of carboxylic acids is 1. The molecule has 0 atom stereocenters. The van der Waals surface area contributed by atoms with Gasteiger partial charge >= 0.3 is 12.1 Å². The van der Waals surface area contributed by atoms with Crippen LogP contribution in [0.25, 0.3) is 0 Å². The third kappa shape index (κ3) is 7.01. The fraction of sp³-hybridized carbons (Fsp3) is 0.520. The number of rotatable bonds is 10. The van der Waals surface area contributed by atoms with Gasteiger partial charge in [-0.3, -0.25) is 14.4 Å². The average Bonchev–Trinajstić information content (AvgIpc) is 3.17. The van der Waals surface area contributed by atoms with E-state index in [-0.39, 0.29) is 49.7 Å². The number of nitrogens with zero attached hydrogens (tertiary/aromatic N) is 1. The Labute approximate surface area is 195 Å². The van der Waals surface area contributed by atoms with Gasteiger partial charge in [0.2, 0.25) is 5.76 Å². The van der Waals surface area contributed by atoms with Gasteiger partial charge in [0.25, 0.3) is 0 Å². The number of benzene rings is 1. The molecule has 1 aliphatic carbocycles. The zero-order valence-corrected chi connectivity index (χ0v) is 19.0. The Balaban J connectivity index is 1.44. The van der Waals surface area contributed by atoms with E-state index in [1.54, 1.807) is 0 Å². The predicted octanol–water partition coefficient (Wildman–Crippen LogP) is 5.92. The summed E-state index contributed by atoms with van der Waals surface area (Å²) in [5, 5.41) is 8.93. The Morgan fingerprint density at radius 1 is 1.06 bits per heavy atom. The second-order valence-electron chi connectivity index (χ2n) is 8.96. The van der Waals surface area contributed by atoms with Crippen LogP contribution in [0, 0.1) is 12.8 Å². The van der Waals surface area contributed by atoms with Gasteiger partial charge in [-0.1, -0.05) is 24.3 Å². The van der Waals surface area contributed by atoms with Crippen LogP contribution in [0.1, 0.15) is 90.6 Å². The number of carbonyl (C=O) groups excluding carboxylic acids is 2. The lowest BCUT2D eigenvalue weighted by atomic mass is 9.77. The number of carboxylic acid groups (broad SMARTS) is 1. The molecule has 0 aliphatic heterocycles. The molecule has 1 N–H and O–H groups in total. The minimum atomic E-state index is -4.80. The Kier molecular flexibility index (Phi) is 8.28. The highest BCUT2D eigenvalue weighted by molar-refractivity contribution is 5.95. The molecule has 34 heavy (non-hydrogen) atoms. The van der Waals surface area contributed by atoms with Crippen molar-refractivity contribution in [2.75, 3.05) is 0 Å². The van der Waals surface area contributed by atoms with Crippen LogP contribution in [0.3, 0.4) is 0 Å². The maximum absolute atomic E-state index is 13.0. The molecule has 2 aromatic rings. The molecule has 1 aromatic heterocycles. The minimum absolute atomic E-state index is 0.0826. The summed E-state index contributed by atoms with van der Waals surface area (Å²) in [4.78, 5) is 38.9. The van der Waals surface area contributed by atoms with Gasteiger partial charge < -0.3 is 9.52 Å². The summed E-state index contributed by atoms with van der Waals surface area (Å²) in [6.45, 7) is 1.24. The second kappa shape index (κ2) is 11.0. The summed E-state index contributed by atoms with van der Waals surface area (Å²) < 4.78 is 43.4. The number of alkyl halides is 3. The quantitative estimate of drug-likeness (QED) is 0.425. The number of carbonyl (C=O) groups is 3. The van der Waals surface area contributed by atoms with Crippen LogP contribution < -0.4 is 0 Å². The molecule has 9 heteroatoms. The molecule has 1 fully saturated rings. The van der Waals surface area contributed by atoms with Crippen LogP contribution in [0.2, 0.25) is 0 Å². The number of oxazole rings is 1. The topological polar surface area (TPSA) is 97.5 Å². The molecule has 0 saturated heterocycles. The summed E-state index contributed by atoms with van der Waals surface area (Å²) in [7, 11) is 0. The monoisotopic (exact) mass is 479 g/mol. The summed E-state index contributed by atoms with van der Waals surface area (Å²) in [6, 6.07) is 7.80. The Morgan fingerprint density at radius 3 is 2.29 bits per heavy atom. The number of ketones is 2. The number of halogens is 3. The Bertz CT molecular complexity index is 1020. The third-order valence-electron chi connectivity index (χ3n) is 6.28. The number of hydrogen-bond donors (Lipinski definition) is 1. The standard InChI is InChI=1S/C25H28F3NO5/c1-15-29-23(24(34-15)25(26,27)28)21(31)4-2-3-20(30)13-16-5-9-18(10-6-16)19-11-7-17(8-12-19)14-22(32)33/h5-6,9-10,17,19H,2-4,7-8,11-14H2,1H3,(H,32,33). The van der Waals surface area contributed by atoms with E-state index >= 15 is 0 Å². The highest BCUT2D eigenvalue weighted by Gasteiger charge is 2.41. The van der Waals surface area contributed by atoms with Gasteiger partial charge in [-0.15, -0.1) is 0 Å². The second-order valence-corrected chi connectivity index (χ2v) is 8.96. The number of aromatic nitrogens is 1. The summed E-state index contributed by atoms with van der Waals surface area (Å²) in [5.41, 5.74) is 1.29. The van der Waals surface area contributed by atoms with Crippen molar-refractivity contribution in [1.82, 2.24) is 4.98 Å². The van der Waals surface area contributed by atoms with Gasteiger partial charge in [-0.25, -0.2) is 4.98 Å². The van der Waals surface area contributed by atoms with Crippen molar-refractivity contribution in [3.63, 3.8) is 0 Å². The zero-order chi connectivity index (χ0) is 24.9. The normalized spacial score (nSPS) is 18.6. The molecular formula is C25H28F3NO5. The highest BCUT2D eigenvalue weighted by atomic mass is 19.4. The van der Waals surface area contributed by atoms with E-state index in [2.05, 4.69) is 9.40 Å². The SMILES string of the molecule is Cc1nc(C(=O)CCCC(=O)Cc2ccc(C3CCC(CC(=O)O)CC3)cc2)c(C(F)(F)F)o1. The number of aryl methyl sites for hydroxylation is 1. The van der Waals surface area contributed by atoms with Gasteiger partial charge in [0.15, 0.2) is 17.4 Å². The average molecular weight is 479 g/mol. The van der Waals surface area contributed by atoms with Gasteiger partial charge in [-0.2, -0.15) is 13.2 Å². The summed E-state index contributed by atoms with van der Waals surface area (Å²) in [6.07, 6.45) is -0.689. The fourth-order valence-electron chi connectivity index (χ4n) is 4.54. The first-order chi connectivity index (χ1) is 16.0. The van der Waals surface area contributed by atoms with E-state index in [0.717, 1.165) is 31.2 Å². The van der Waals surface area contributed by atoms with Crippen molar-refractivity contribution in [3.05, 3.63) is 52.7 Å². The maximum atomic E-state index is 13.0. The number of hydrogen-bond acceptors (Lipinski definition) is 5. The first-order valence-corrected chi connectivity index (χ1v) is 11.4. The minimum Gasteiger partial charge on any atom is -0.481 e. The maximum Gasteiger partial charge on any atom is 0.452 e. The van der Waals surface area contributed by atoms with Crippen LogP contribution in [0.15, 0.2) is 28.7 Å². The molecule has 1 saturated carbocycles. The number of Topliss-reactive ketones (excluding diaryl/α,β-unsaturated/α-hetero) is 2.